The summed E-state index contributed by atoms with van der Waals surface area (Å²) < 4.78 is 0. The molecule has 0 spiro atoms. The van der Waals surface area contributed by atoms with Crippen LogP contribution in [0.25, 0.3) is 6.08 Å². The molecule has 0 aliphatic heterocycles. The lowest BCUT2D eigenvalue weighted by atomic mass is 10.0. The van der Waals surface area contributed by atoms with Crippen LogP contribution in [0.3, 0.4) is 0 Å². The second kappa shape index (κ2) is 2.64. The molecule has 3 nitrogen and oxygen atoms in total. The van der Waals surface area contributed by atoms with E-state index in [9.17, 15) is 9.70 Å². The van der Waals surface area contributed by atoms with Crippen LogP contribution in [0.15, 0.2) is 16.6 Å². The smallest absolute Gasteiger partial charge is 0.170 e. The van der Waals surface area contributed by atoms with Gasteiger partial charge in [-0.25, -0.2) is 0 Å². The molecule has 1 aliphatic carbocycles. The first-order valence-corrected chi connectivity index (χ1v) is 4.35. The van der Waals surface area contributed by atoms with Crippen LogP contribution in [0.2, 0.25) is 0 Å². The first kappa shape index (κ1) is 7.36. The molecule has 60 valence electrons. The van der Waals surface area contributed by atoms with Gasteiger partial charge in [-0.3, -0.25) is 4.79 Å². The van der Waals surface area contributed by atoms with E-state index in [1.807, 2.05) is 6.08 Å². The number of Topliss-reactive ketones (excluding diaryl/α,β-unsaturated/α-hetero) is 1. The Morgan fingerprint density at radius 1 is 1.50 bits per heavy atom. The quantitative estimate of drug-likeness (QED) is 0.622. The van der Waals surface area contributed by atoms with E-state index in [0.29, 0.717) is 12.0 Å². The van der Waals surface area contributed by atoms with Crippen molar-refractivity contribution in [2.24, 2.45) is 5.18 Å². The van der Waals surface area contributed by atoms with Crippen LogP contribution in [0.4, 0.5) is 5.69 Å². The lowest BCUT2D eigenvalue weighted by Crippen LogP contribution is -2.00. The van der Waals surface area contributed by atoms with Crippen LogP contribution in [0, 0.1) is 4.91 Å². The Hall–Kier alpha value is -1.29. The molecular formula is C8H5NO2S. The molecule has 1 aliphatic rings. The van der Waals surface area contributed by atoms with Crippen molar-refractivity contribution in [3.8, 4) is 0 Å². The van der Waals surface area contributed by atoms with Gasteiger partial charge in [0, 0.05) is 16.7 Å². The number of hydrogen-bond acceptors (Lipinski definition) is 4. The Morgan fingerprint density at radius 3 is 3.08 bits per heavy atom. The van der Waals surface area contributed by atoms with Gasteiger partial charge in [0.15, 0.2) is 5.78 Å². The summed E-state index contributed by atoms with van der Waals surface area (Å²) in [7, 11) is 0. The highest BCUT2D eigenvalue weighted by Crippen LogP contribution is 2.34. The van der Waals surface area contributed by atoms with Crippen molar-refractivity contribution in [1.82, 2.24) is 0 Å². The molecule has 0 fully saturated rings. The molecule has 1 aromatic rings. The van der Waals surface area contributed by atoms with Crippen LogP contribution in [0.1, 0.15) is 21.7 Å². The largest absolute Gasteiger partial charge is 0.294 e. The van der Waals surface area contributed by atoms with E-state index in [2.05, 4.69) is 5.18 Å². The molecule has 0 saturated carbocycles. The molecule has 12 heavy (non-hydrogen) atoms. The number of hydrogen-bond donors (Lipinski definition) is 0. The first-order valence-electron chi connectivity index (χ1n) is 3.47. The number of nitroso groups, excluding NO2 is 1. The van der Waals surface area contributed by atoms with Crippen molar-refractivity contribution in [1.29, 1.82) is 0 Å². The van der Waals surface area contributed by atoms with Gasteiger partial charge in [0.25, 0.3) is 0 Å². The molecule has 0 atom stereocenters. The van der Waals surface area contributed by atoms with Crippen LogP contribution >= 0.6 is 11.3 Å². The van der Waals surface area contributed by atoms with E-state index in [-0.39, 0.29) is 11.5 Å². The maximum atomic E-state index is 11.3. The van der Waals surface area contributed by atoms with Crippen LogP contribution in [-0.4, -0.2) is 5.78 Å². The van der Waals surface area contributed by atoms with Gasteiger partial charge in [0.05, 0.1) is 5.56 Å². The minimum atomic E-state index is -0.0108. The molecule has 0 bridgehead atoms. The van der Waals surface area contributed by atoms with E-state index >= 15 is 0 Å². The third-order valence-corrected chi connectivity index (χ3v) is 2.68. The zero-order valence-corrected chi connectivity index (χ0v) is 6.93. The molecule has 4 heteroatoms. The monoisotopic (exact) mass is 179 g/mol. The number of carbonyl (C=O) groups excluding carboxylic acids is 1. The second-order valence-electron chi connectivity index (χ2n) is 2.48. The van der Waals surface area contributed by atoms with E-state index in [1.165, 1.54) is 11.3 Å². The Balaban J connectivity index is 2.66. The highest BCUT2D eigenvalue weighted by molar-refractivity contribution is 7.11. The van der Waals surface area contributed by atoms with Gasteiger partial charge in [-0.05, 0) is 11.3 Å². The van der Waals surface area contributed by atoms with Crippen LogP contribution in [-0.2, 0) is 0 Å². The van der Waals surface area contributed by atoms with Gasteiger partial charge in [0.1, 0.15) is 5.69 Å². The molecule has 0 aromatic carbocycles. The lowest BCUT2D eigenvalue weighted by molar-refractivity contribution is 0.0996. The number of rotatable bonds is 1. The Bertz CT molecular complexity index is 378. The molecular weight excluding hydrogens is 174 g/mol. The van der Waals surface area contributed by atoms with E-state index in [1.54, 1.807) is 11.5 Å². The maximum Gasteiger partial charge on any atom is 0.170 e. The van der Waals surface area contributed by atoms with Crippen molar-refractivity contribution < 1.29 is 4.79 Å². The number of ketones is 1. The summed E-state index contributed by atoms with van der Waals surface area (Å²) >= 11 is 1.38. The first-order chi connectivity index (χ1) is 5.83. The lowest BCUT2D eigenvalue weighted by Gasteiger charge is -2.02. The fraction of sp³-hybridized carbons (Fsp3) is 0.125. The third kappa shape index (κ3) is 0.921. The van der Waals surface area contributed by atoms with Crippen molar-refractivity contribution in [3.05, 3.63) is 26.8 Å². The van der Waals surface area contributed by atoms with Crippen molar-refractivity contribution >= 4 is 28.9 Å². The Labute approximate surface area is 72.7 Å². The third-order valence-electron chi connectivity index (χ3n) is 1.75. The summed E-state index contributed by atoms with van der Waals surface area (Å²) in [6.45, 7) is 0. The van der Waals surface area contributed by atoms with Gasteiger partial charge in [-0.1, -0.05) is 6.08 Å². The topological polar surface area (TPSA) is 46.5 Å². The number of fused-ring (bicyclic) bond motifs is 1. The van der Waals surface area contributed by atoms with Gasteiger partial charge in [0.2, 0.25) is 0 Å². The summed E-state index contributed by atoms with van der Waals surface area (Å²) in [5.41, 5.74) is 0.779. The van der Waals surface area contributed by atoms with Gasteiger partial charge in [-0.2, -0.15) is 0 Å². The minimum absolute atomic E-state index is 0.0108. The van der Waals surface area contributed by atoms with E-state index < -0.39 is 0 Å². The maximum absolute atomic E-state index is 11.3. The molecule has 1 heterocycles. The standard InChI is InChI=1S/C8H5NO2S/c10-6-2-1-3-7-8(6)5(9-11)4-12-7/h1,3-4H,2H2. The highest BCUT2D eigenvalue weighted by Gasteiger charge is 2.19. The number of nitrogens with zero attached hydrogens (tertiary/aromatic N) is 1. The van der Waals surface area contributed by atoms with Crippen LogP contribution < -0.4 is 0 Å². The Kier molecular flexibility index (Phi) is 1.62. The van der Waals surface area contributed by atoms with Gasteiger partial charge in [-0.15, -0.1) is 16.2 Å². The van der Waals surface area contributed by atoms with Crippen LogP contribution in [0.5, 0.6) is 0 Å². The molecule has 0 N–H and O–H groups in total. The SMILES string of the molecule is O=Nc1csc2c1C(=O)CC=C2. The predicted molar refractivity (Wildman–Crippen MR) is 47.8 cm³/mol. The molecule has 0 unspecified atom stereocenters. The molecule has 2 rings (SSSR count). The summed E-state index contributed by atoms with van der Waals surface area (Å²) in [5.74, 6) is -0.0108. The van der Waals surface area contributed by atoms with Gasteiger partial charge >= 0.3 is 0 Å². The highest BCUT2D eigenvalue weighted by atomic mass is 32.1. The van der Waals surface area contributed by atoms with Gasteiger partial charge < -0.3 is 0 Å². The Morgan fingerprint density at radius 2 is 2.33 bits per heavy atom. The van der Waals surface area contributed by atoms with E-state index in [0.717, 1.165) is 4.88 Å². The number of allylic oxidation sites excluding steroid dienone is 1. The zero-order chi connectivity index (χ0) is 8.55. The fourth-order valence-corrected chi connectivity index (χ4v) is 2.12. The average molecular weight is 179 g/mol. The predicted octanol–water partition coefficient (Wildman–Crippen LogP) is 2.75. The fourth-order valence-electron chi connectivity index (χ4n) is 1.21. The molecule has 0 radical (unpaired) electrons. The molecule has 0 saturated heterocycles. The molecule has 1 aromatic heterocycles. The number of carbonyl (C=O) groups is 1. The van der Waals surface area contributed by atoms with Crippen molar-refractivity contribution in [2.45, 2.75) is 6.42 Å². The normalized spacial score (nSPS) is 14.5. The summed E-state index contributed by atoms with van der Waals surface area (Å²) in [5, 5.41) is 4.42. The van der Waals surface area contributed by atoms with E-state index in [4.69, 9.17) is 0 Å². The summed E-state index contributed by atoms with van der Waals surface area (Å²) in [4.78, 5) is 22.4. The number of thiophene rings is 1. The van der Waals surface area contributed by atoms with Crippen molar-refractivity contribution in [3.63, 3.8) is 0 Å². The minimum Gasteiger partial charge on any atom is -0.294 e. The summed E-state index contributed by atoms with van der Waals surface area (Å²) in [6.07, 6.45) is 4.04. The molecule has 0 amide bonds. The average Bonchev–Trinajstić information content (AvgIpc) is 2.49. The second-order valence-corrected chi connectivity index (χ2v) is 3.39. The summed E-state index contributed by atoms with van der Waals surface area (Å²) in [6, 6.07) is 0. The van der Waals surface area contributed by atoms with Crippen molar-refractivity contribution in [2.75, 3.05) is 0 Å². The zero-order valence-electron chi connectivity index (χ0n) is 6.11.